The van der Waals surface area contributed by atoms with E-state index in [0.29, 0.717) is 12.6 Å². The third kappa shape index (κ3) is 3.62. The van der Waals surface area contributed by atoms with Gasteiger partial charge in [-0.15, -0.1) is 0 Å². The minimum absolute atomic E-state index is 0.152. The summed E-state index contributed by atoms with van der Waals surface area (Å²) in [7, 11) is 0. The number of benzene rings is 2. The second kappa shape index (κ2) is 6.55. The standard InChI is InChI=1S/C20H24N2O/c1-13-4-6-16(7-5-13)12-21-15(3)20(23)17-8-9-19-18(11-17)10-14(2)22-19/h4-9,11,14-15,21-22H,10,12H2,1-3H3. The fraction of sp³-hybridized carbons (Fsp3) is 0.350. The van der Waals surface area contributed by atoms with Crippen LogP contribution >= 0.6 is 0 Å². The average molecular weight is 308 g/mol. The number of carbonyl (C=O) groups excluding carboxylic acids is 1. The van der Waals surface area contributed by atoms with Gasteiger partial charge in [-0.25, -0.2) is 0 Å². The molecular weight excluding hydrogens is 284 g/mol. The third-order valence-corrected chi connectivity index (χ3v) is 4.44. The van der Waals surface area contributed by atoms with Crippen LogP contribution in [-0.2, 0) is 13.0 Å². The smallest absolute Gasteiger partial charge is 0.179 e. The van der Waals surface area contributed by atoms with Crippen LogP contribution in [0, 0.1) is 6.92 Å². The first-order valence-corrected chi connectivity index (χ1v) is 8.25. The molecule has 1 heterocycles. The number of hydrogen-bond donors (Lipinski definition) is 2. The Kier molecular flexibility index (Phi) is 4.49. The summed E-state index contributed by atoms with van der Waals surface area (Å²) in [6, 6.07) is 14.6. The van der Waals surface area contributed by atoms with E-state index in [2.05, 4.69) is 48.7 Å². The van der Waals surface area contributed by atoms with Crippen molar-refractivity contribution in [2.45, 2.75) is 45.8 Å². The molecule has 3 heteroatoms. The first-order chi connectivity index (χ1) is 11.0. The molecule has 2 N–H and O–H groups in total. The number of aryl methyl sites for hydroxylation is 1. The third-order valence-electron chi connectivity index (χ3n) is 4.44. The number of rotatable bonds is 5. The first kappa shape index (κ1) is 15.8. The maximum atomic E-state index is 12.6. The quantitative estimate of drug-likeness (QED) is 0.827. The molecule has 0 spiro atoms. The topological polar surface area (TPSA) is 41.1 Å². The maximum absolute atomic E-state index is 12.6. The Morgan fingerprint density at radius 1 is 1.26 bits per heavy atom. The number of ketones is 1. The zero-order valence-corrected chi connectivity index (χ0v) is 14.0. The summed E-state index contributed by atoms with van der Waals surface area (Å²) in [4.78, 5) is 12.6. The van der Waals surface area contributed by atoms with Gasteiger partial charge in [-0.1, -0.05) is 29.8 Å². The first-order valence-electron chi connectivity index (χ1n) is 8.25. The number of hydrogen-bond acceptors (Lipinski definition) is 3. The second-order valence-corrected chi connectivity index (χ2v) is 6.57. The summed E-state index contributed by atoms with van der Waals surface area (Å²) in [5, 5.41) is 6.74. The van der Waals surface area contributed by atoms with Crippen molar-refractivity contribution in [3.05, 3.63) is 64.7 Å². The second-order valence-electron chi connectivity index (χ2n) is 6.57. The van der Waals surface area contributed by atoms with Crippen LogP contribution in [0.1, 0.15) is 40.9 Å². The van der Waals surface area contributed by atoms with Gasteiger partial charge < -0.3 is 10.6 Å². The molecule has 0 saturated heterocycles. The van der Waals surface area contributed by atoms with Crippen molar-refractivity contribution < 1.29 is 4.79 Å². The van der Waals surface area contributed by atoms with Crippen LogP contribution in [0.3, 0.4) is 0 Å². The van der Waals surface area contributed by atoms with E-state index in [1.165, 1.54) is 16.7 Å². The Balaban J connectivity index is 1.63. The van der Waals surface area contributed by atoms with Gasteiger partial charge in [-0.05, 0) is 56.5 Å². The van der Waals surface area contributed by atoms with E-state index >= 15 is 0 Å². The fourth-order valence-corrected chi connectivity index (χ4v) is 3.02. The lowest BCUT2D eigenvalue weighted by atomic mass is 10.0. The lowest BCUT2D eigenvalue weighted by Crippen LogP contribution is -2.33. The summed E-state index contributed by atoms with van der Waals surface area (Å²) in [5.41, 5.74) is 5.65. The SMILES string of the molecule is Cc1ccc(CNC(C)C(=O)c2ccc3c(c2)CC(C)N3)cc1. The maximum Gasteiger partial charge on any atom is 0.179 e. The van der Waals surface area contributed by atoms with Crippen LogP contribution in [0.4, 0.5) is 5.69 Å². The lowest BCUT2D eigenvalue weighted by Gasteiger charge is -2.14. The molecule has 120 valence electrons. The van der Waals surface area contributed by atoms with E-state index in [-0.39, 0.29) is 11.8 Å². The number of carbonyl (C=O) groups is 1. The van der Waals surface area contributed by atoms with Crippen molar-refractivity contribution >= 4 is 11.5 Å². The van der Waals surface area contributed by atoms with E-state index in [1.807, 2.05) is 25.1 Å². The van der Waals surface area contributed by atoms with Crippen LogP contribution in [-0.4, -0.2) is 17.9 Å². The van der Waals surface area contributed by atoms with E-state index in [4.69, 9.17) is 0 Å². The summed E-state index contributed by atoms with van der Waals surface area (Å²) in [6.45, 7) is 6.88. The van der Waals surface area contributed by atoms with Crippen molar-refractivity contribution in [1.82, 2.24) is 5.32 Å². The van der Waals surface area contributed by atoms with E-state index in [0.717, 1.165) is 17.7 Å². The molecule has 0 radical (unpaired) electrons. The van der Waals surface area contributed by atoms with Gasteiger partial charge in [-0.3, -0.25) is 4.79 Å². The van der Waals surface area contributed by atoms with Crippen molar-refractivity contribution in [2.75, 3.05) is 5.32 Å². The molecule has 2 unspecified atom stereocenters. The Bertz CT molecular complexity index is 706. The highest BCUT2D eigenvalue weighted by atomic mass is 16.1. The van der Waals surface area contributed by atoms with Crippen LogP contribution < -0.4 is 10.6 Å². The molecule has 2 aromatic rings. The molecule has 0 saturated carbocycles. The van der Waals surface area contributed by atoms with Crippen LogP contribution in [0.2, 0.25) is 0 Å². The molecule has 3 rings (SSSR count). The molecule has 2 aromatic carbocycles. The zero-order valence-electron chi connectivity index (χ0n) is 14.0. The van der Waals surface area contributed by atoms with Gasteiger partial charge in [0.25, 0.3) is 0 Å². The zero-order chi connectivity index (χ0) is 16.4. The van der Waals surface area contributed by atoms with Crippen molar-refractivity contribution in [1.29, 1.82) is 0 Å². The Labute approximate surface area is 138 Å². The molecule has 0 amide bonds. The van der Waals surface area contributed by atoms with Crippen molar-refractivity contribution in [2.24, 2.45) is 0 Å². The Hall–Kier alpha value is -2.13. The van der Waals surface area contributed by atoms with Crippen LogP contribution in [0.5, 0.6) is 0 Å². The molecule has 0 aromatic heterocycles. The van der Waals surface area contributed by atoms with Gasteiger partial charge >= 0.3 is 0 Å². The normalized spacial score (nSPS) is 17.4. The highest BCUT2D eigenvalue weighted by molar-refractivity contribution is 6.00. The van der Waals surface area contributed by atoms with Gasteiger partial charge in [0.15, 0.2) is 5.78 Å². The highest BCUT2D eigenvalue weighted by Crippen LogP contribution is 2.26. The average Bonchev–Trinajstić information content (AvgIpc) is 2.92. The minimum atomic E-state index is -0.193. The van der Waals surface area contributed by atoms with E-state index in [9.17, 15) is 4.79 Å². The summed E-state index contributed by atoms with van der Waals surface area (Å²) in [6.07, 6.45) is 0.988. The molecule has 1 aliphatic heterocycles. The predicted octanol–water partition coefficient (Wildman–Crippen LogP) is 3.71. The lowest BCUT2D eigenvalue weighted by molar-refractivity contribution is 0.0950. The number of Topliss-reactive ketones (excluding diaryl/α,β-unsaturated/α-hetero) is 1. The summed E-state index contributed by atoms with van der Waals surface area (Å²) < 4.78 is 0. The molecule has 3 nitrogen and oxygen atoms in total. The Morgan fingerprint density at radius 3 is 2.74 bits per heavy atom. The van der Waals surface area contributed by atoms with Gasteiger partial charge in [0.05, 0.1) is 6.04 Å². The van der Waals surface area contributed by atoms with Gasteiger partial charge in [0, 0.05) is 23.8 Å². The molecule has 1 aliphatic rings. The fourth-order valence-electron chi connectivity index (χ4n) is 3.02. The van der Waals surface area contributed by atoms with Crippen LogP contribution in [0.15, 0.2) is 42.5 Å². The molecule has 0 fully saturated rings. The molecule has 0 bridgehead atoms. The van der Waals surface area contributed by atoms with Gasteiger partial charge in [0.1, 0.15) is 0 Å². The Morgan fingerprint density at radius 2 is 2.00 bits per heavy atom. The molecule has 0 aliphatic carbocycles. The minimum Gasteiger partial charge on any atom is -0.382 e. The largest absolute Gasteiger partial charge is 0.382 e. The van der Waals surface area contributed by atoms with Gasteiger partial charge in [0.2, 0.25) is 0 Å². The number of anilines is 1. The van der Waals surface area contributed by atoms with E-state index in [1.54, 1.807) is 0 Å². The monoisotopic (exact) mass is 308 g/mol. The molecule has 23 heavy (non-hydrogen) atoms. The molecular formula is C20H24N2O. The highest BCUT2D eigenvalue weighted by Gasteiger charge is 2.20. The number of nitrogens with one attached hydrogen (secondary N) is 2. The predicted molar refractivity (Wildman–Crippen MR) is 95.0 cm³/mol. The van der Waals surface area contributed by atoms with Crippen LogP contribution in [0.25, 0.3) is 0 Å². The van der Waals surface area contributed by atoms with Crippen molar-refractivity contribution in [3.63, 3.8) is 0 Å². The molecule has 2 atom stereocenters. The summed E-state index contributed by atoms with van der Waals surface area (Å²) in [5.74, 6) is 0.152. The van der Waals surface area contributed by atoms with Crippen molar-refractivity contribution in [3.8, 4) is 0 Å². The van der Waals surface area contributed by atoms with Gasteiger partial charge in [-0.2, -0.15) is 0 Å². The summed E-state index contributed by atoms with van der Waals surface area (Å²) >= 11 is 0. The number of fused-ring (bicyclic) bond motifs is 1. The van der Waals surface area contributed by atoms with E-state index < -0.39 is 0 Å².